The zero-order chi connectivity index (χ0) is 9.35. The van der Waals surface area contributed by atoms with E-state index in [9.17, 15) is 8.42 Å². The van der Waals surface area contributed by atoms with Crippen LogP contribution in [-0.4, -0.2) is 8.42 Å². The van der Waals surface area contributed by atoms with Crippen LogP contribution in [0.5, 0.6) is 0 Å². The Bertz CT molecular complexity index is 400. The van der Waals surface area contributed by atoms with Crippen molar-refractivity contribution >= 4 is 21.6 Å². The summed E-state index contributed by atoms with van der Waals surface area (Å²) >= 11 is 5.72. The van der Waals surface area contributed by atoms with E-state index in [1.165, 1.54) is 6.07 Å². The van der Waals surface area contributed by atoms with Crippen molar-refractivity contribution in [3.63, 3.8) is 0 Å². The lowest BCUT2D eigenvalue weighted by Crippen LogP contribution is -2.12. The van der Waals surface area contributed by atoms with Gasteiger partial charge in [-0.1, -0.05) is 23.7 Å². The van der Waals surface area contributed by atoms with Gasteiger partial charge in [0.2, 0.25) is 10.0 Å². The molecule has 0 aliphatic carbocycles. The Balaban J connectivity index is 3.47. The molecule has 0 fully saturated rings. The lowest BCUT2D eigenvalue weighted by atomic mass is 10.2. The molecule has 0 radical (unpaired) electrons. The molecule has 0 saturated heterocycles. The molecule has 66 valence electrons. The van der Waals surface area contributed by atoms with Gasteiger partial charge in [-0.2, -0.15) is 0 Å². The van der Waals surface area contributed by atoms with Crippen molar-refractivity contribution in [2.75, 3.05) is 0 Å². The molecular formula is C7H8ClNO2S. The standard InChI is InChI=1S/C7H8ClNO2S/c1-5-3-2-4-6(7(5)8)12(9,10)11/h2-4H,1H3,(H2,9,10,11). The van der Waals surface area contributed by atoms with Gasteiger partial charge in [0.25, 0.3) is 0 Å². The topological polar surface area (TPSA) is 60.2 Å². The maximum absolute atomic E-state index is 10.9. The summed E-state index contributed by atoms with van der Waals surface area (Å²) in [6.45, 7) is 1.72. The van der Waals surface area contributed by atoms with Gasteiger partial charge in [-0.3, -0.25) is 0 Å². The highest BCUT2D eigenvalue weighted by atomic mass is 35.5. The number of hydrogen-bond acceptors (Lipinski definition) is 2. The number of sulfonamides is 1. The molecule has 0 unspecified atom stereocenters. The minimum absolute atomic E-state index is 0.0239. The van der Waals surface area contributed by atoms with Crippen LogP contribution in [0.15, 0.2) is 23.1 Å². The van der Waals surface area contributed by atoms with Gasteiger partial charge >= 0.3 is 0 Å². The summed E-state index contributed by atoms with van der Waals surface area (Å²) in [5.74, 6) is 0. The van der Waals surface area contributed by atoms with Gasteiger partial charge in [0.05, 0.1) is 5.02 Å². The highest BCUT2D eigenvalue weighted by molar-refractivity contribution is 7.89. The molecule has 1 rings (SSSR count). The van der Waals surface area contributed by atoms with Crippen LogP contribution in [0, 0.1) is 6.92 Å². The second-order valence-electron chi connectivity index (χ2n) is 2.43. The normalized spacial score (nSPS) is 11.6. The number of primary sulfonamides is 1. The maximum atomic E-state index is 10.9. The first-order chi connectivity index (χ1) is 5.43. The molecular weight excluding hydrogens is 198 g/mol. The van der Waals surface area contributed by atoms with Crippen LogP contribution >= 0.6 is 11.6 Å². The lowest BCUT2D eigenvalue weighted by Gasteiger charge is -2.02. The average Bonchev–Trinajstić information content (AvgIpc) is 1.92. The molecule has 2 N–H and O–H groups in total. The Labute approximate surface area is 76.2 Å². The van der Waals surface area contributed by atoms with Crippen molar-refractivity contribution in [2.24, 2.45) is 5.14 Å². The molecule has 0 aromatic heterocycles. The van der Waals surface area contributed by atoms with Crippen molar-refractivity contribution in [3.05, 3.63) is 28.8 Å². The summed E-state index contributed by atoms with van der Waals surface area (Å²) in [7, 11) is -3.69. The van der Waals surface area contributed by atoms with E-state index in [0.29, 0.717) is 5.56 Å². The Morgan fingerprint density at radius 1 is 1.42 bits per heavy atom. The van der Waals surface area contributed by atoms with Gasteiger partial charge in [-0.15, -0.1) is 0 Å². The quantitative estimate of drug-likeness (QED) is 0.751. The number of hydrogen-bond donors (Lipinski definition) is 1. The zero-order valence-corrected chi connectivity index (χ0v) is 7.98. The molecule has 0 amide bonds. The molecule has 0 saturated carbocycles. The van der Waals surface area contributed by atoms with E-state index in [1.54, 1.807) is 19.1 Å². The molecule has 5 heteroatoms. The largest absolute Gasteiger partial charge is 0.239 e. The molecule has 12 heavy (non-hydrogen) atoms. The van der Waals surface area contributed by atoms with E-state index >= 15 is 0 Å². The van der Waals surface area contributed by atoms with Gasteiger partial charge in [-0.05, 0) is 18.6 Å². The number of benzene rings is 1. The third-order valence-corrected chi connectivity index (χ3v) is 3.03. The number of aryl methyl sites for hydroxylation is 1. The Kier molecular flexibility index (Phi) is 2.41. The number of halogens is 1. The van der Waals surface area contributed by atoms with Crippen molar-refractivity contribution < 1.29 is 8.42 Å². The first kappa shape index (κ1) is 9.51. The minimum Gasteiger partial charge on any atom is -0.225 e. The second-order valence-corrected chi connectivity index (χ2v) is 4.34. The van der Waals surface area contributed by atoms with Crippen molar-refractivity contribution in [2.45, 2.75) is 11.8 Å². The van der Waals surface area contributed by atoms with Crippen molar-refractivity contribution in [1.29, 1.82) is 0 Å². The van der Waals surface area contributed by atoms with E-state index in [0.717, 1.165) is 0 Å². The summed E-state index contributed by atoms with van der Waals surface area (Å²) in [5, 5.41) is 5.11. The van der Waals surface area contributed by atoms with Gasteiger partial charge < -0.3 is 0 Å². The zero-order valence-electron chi connectivity index (χ0n) is 6.41. The maximum Gasteiger partial charge on any atom is 0.239 e. The molecule has 0 bridgehead atoms. The molecule has 0 aliphatic heterocycles. The van der Waals surface area contributed by atoms with E-state index in [1.807, 2.05) is 0 Å². The van der Waals surface area contributed by atoms with Gasteiger partial charge in [-0.25, -0.2) is 13.6 Å². The van der Waals surface area contributed by atoms with Crippen molar-refractivity contribution in [1.82, 2.24) is 0 Å². The van der Waals surface area contributed by atoms with E-state index in [-0.39, 0.29) is 9.92 Å². The van der Waals surface area contributed by atoms with Crippen LogP contribution in [0.4, 0.5) is 0 Å². The highest BCUT2D eigenvalue weighted by Crippen LogP contribution is 2.23. The molecule has 0 spiro atoms. The van der Waals surface area contributed by atoms with Gasteiger partial charge in [0.15, 0.2) is 0 Å². The summed E-state index contributed by atoms with van der Waals surface area (Å²) < 4.78 is 21.8. The highest BCUT2D eigenvalue weighted by Gasteiger charge is 2.12. The van der Waals surface area contributed by atoms with Crippen LogP contribution < -0.4 is 5.14 Å². The van der Waals surface area contributed by atoms with Gasteiger partial charge in [0, 0.05) is 0 Å². The van der Waals surface area contributed by atoms with Crippen molar-refractivity contribution in [3.8, 4) is 0 Å². The molecule has 1 aromatic carbocycles. The molecule has 1 aromatic rings. The lowest BCUT2D eigenvalue weighted by molar-refractivity contribution is 0.598. The third-order valence-electron chi connectivity index (χ3n) is 1.46. The smallest absolute Gasteiger partial charge is 0.225 e. The summed E-state index contributed by atoms with van der Waals surface area (Å²) in [6, 6.07) is 4.70. The van der Waals surface area contributed by atoms with Crippen LogP contribution in [0.25, 0.3) is 0 Å². The monoisotopic (exact) mass is 205 g/mol. The fraction of sp³-hybridized carbons (Fsp3) is 0.143. The minimum atomic E-state index is -3.69. The van der Waals surface area contributed by atoms with Crippen LogP contribution in [0.3, 0.4) is 0 Å². The number of rotatable bonds is 1. The molecule has 0 heterocycles. The molecule has 3 nitrogen and oxygen atoms in total. The van der Waals surface area contributed by atoms with Crippen LogP contribution in [0.1, 0.15) is 5.56 Å². The fourth-order valence-electron chi connectivity index (χ4n) is 0.840. The van der Waals surface area contributed by atoms with Crippen LogP contribution in [-0.2, 0) is 10.0 Å². The second kappa shape index (κ2) is 3.05. The van der Waals surface area contributed by atoms with E-state index in [4.69, 9.17) is 16.7 Å². The Morgan fingerprint density at radius 2 is 2.00 bits per heavy atom. The number of nitrogens with two attached hydrogens (primary N) is 1. The summed E-state index contributed by atoms with van der Waals surface area (Å²) in [6.07, 6.45) is 0. The van der Waals surface area contributed by atoms with Gasteiger partial charge in [0.1, 0.15) is 4.90 Å². The Hall–Kier alpha value is -0.580. The molecule has 0 atom stereocenters. The first-order valence-electron chi connectivity index (χ1n) is 3.21. The Morgan fingerprint density at radius 3 is 2.42 bits per heavy atom. The SMILES string of the molecule is Cc1cccc(S(N)(=O)=O)c1Cl. The fourth-order valence-corrected chi connectivity index (χ4v) is 1.97. The third kappa shape index (κ3) is 1.77. The van der Waals surface area contributed by atoms with E-state index in [2.05, 4.69) is 0 Å². The predicted molar refractivity (Wildman–Crippen MR) is 47.6 cm³/mol. The molecule has 0 aliphatic rings. The summed E-state index contributed by atoms with van der Waals surface area (Å²) in [4.78, 5) is -0.0239. The predicted octanol–water partition coefficient (Wildman–Crippen LogP) is 1.30. The van der Waals surface area contributed by atoms with E-state index < -0.39 is 10.0 Å². The first-order valence-corrected chi connectivity index (χ1v) is 5.13. The van der Waals surface area contributed by atoms with Crippen LogP contribution in [0.2, 0.25) is 5.02 Å². The summed E-state index contributed by atoms with van der Waals surface area (Å²) in [5.41, 5.74) is 0.697. The average molecular weight is 206 g/mol.